The van der Waals surface area contributed by atoms with Crippen LogP contribution in [0.3, 0.4) is 0 Å². The predicted octanol–water partition coefficient (Wildman–Crippen LogP) is 5.31. The number of pyridine rings is 1. The molecule has 0 saturated heterocycles. The van der Waals surface area contributed by atoms with Crippen LogP contribution in [0, 0.1) is 11.6 Å². The molecule has 0 fully saturated rings. The number of carbonyl (C=O) groups is 2. The predicted molar refractivity (Wildman–Crippen MR) is 134 cm³/mol. The third-order valence-electron chi connectivity index (χ3n) is 5.70. The molecule has 37 heavy (non-hydrogen) atoms. The average molecular weight is 553 g/mol. The van der Waals surface area contributed by atoms with E-state index >= 15 is 0 Å². The fourth-order valence-electron chi connectivity index (χ4n) is 3.73. The molecule has 7 nitrogen and oxygen atoms in total. The van der Waals surface area contributed by atoms with E-state index in [2.05, 4.69) is 10.3 Å². The molecule has 3 aromatic rings. The largest absolute Gasteiger partial charge is 0.503 e. The first-order chi connectivity index (χ1) is 17.5. The van der Waals surface area contributed by atoms with Crippen LogP contribution in [0.4, 0.5) is 8.78 Å². The summed E-state index contributed by atoms with van der Waals surface area (Å²) in [5, 5.41) is 12.5. The Morgan fingerprint density at radius 2 is 1.70 bits per heavy atom. The van der Waals surface area contributed by atoms with E-state index in [0.29, 0.717) is 17.4 Å². The quantitative estimate of drug-likeness (QED) is 0.331. The Morgan fingerprint density at radius 1 is 1.14 bits per heavy atom. The number of methoxy groups -OCH3 is 1. The molecule has 0 aliphatic heterocycles. The summed E-state index contributed by atoms with van der Waals surface area (Å²) in [4.78, 5) is 28.6. The third kappa shape index (κ3) is 6.54. The molecule has 3 rings (SSSR count). The highest BCUT2D eigenvalue weighted by atomic mass is 35.5. The number of benzene rings is 2. The van der Waals surface area contributed by atoms with E-state index in [0.717, 1.165) is 0 Å². The second-order valence-electron chi connectivity index (χ2n) is 8.54. The fraction of sp³-hybridized carbons (Fsp3) is 0.269. The summed E-state index contributed by atoms with van der Waals surface area (Å²) in [6.07, 6.45) is 1.01. The van der Waals surface area contributed by atoms with Crippen LogP contribution < -0.4 is 10.1 Å². The van der Waals surface area contributed by atoms with Gasteiger partial charge in [0.2, 0.25) is 0 Å². The van der Waals surface area contributed by atoms with E-state index in [1.54, 1.807) is 19.1 Å². The minimum Gasteiger partial charge on any atom is -0.503 e. The summed E-state index contributed by atoms with van der Waals surface area (Å²) in [5.74, 6) is -3.30. The zero-order valence-electron chi connectivity index (χ0n) is 20.1. The molecule has 1 amide bonds. The highest BCUT2D eigenvalue weighted by Gasteiger charge is 2.32. The highest BCUT2D eigenvalue weighted by Crippen LogP contribution is 2.34. The first-order valence-corrected chi connectivity index (χ1v) is 11.8. The van der Waals surface area contributed by atoms with E-state index < -0.39 is 40.9 Å². The maximum Gasteiger partial charge on any atom is 0.274 e. The van der Waals surface area contributed by atoms with Crippen molar-refractivity contribution < 1.29 is 33.0 Å². The standard InChI is InChI=1S/C26H24Cl2F2N2O5/c1-14(22(15-4-6-17(27)19(29)10-15)16-5-7-18(28)20(30)11-16)37-13-26(2,12-33)32-25(35)23-24(34)21(36-3)8-9-31-23/h4-12,14,22,34H,13H2,1-3H3,(H,32,35)/t14-,26-/m0/s1. The molecule has 11 heteroatoms. The molecule has 1 heterocycles. The van der Waals surface area contributed by atoms with Gasteiger partial charge in [-0.05, 0) is 49.2 Å². The normalized spacial score (nSPS) is 13.6. The summed E-state index contributed by atoms with van der Waals surface area (Å²) >= 11 is 11.7. The minimum atomic E-state index is -1.54. The summed E-state index contributed by atoms with van der Waals surface area (Å²) in [6.45, 7) is 2.77. The van der Waals surface area contributed by atoms with Gasteiger partial charge in [0, 0.05) is 18.2 Å². The van der Waals surface area contributed by atoms with Crippen molar-refractivity contribution in [1.29, 1.82) is 0 Å². The minimum absolute atomic E-state index is 0.0334. The zero-order valence-corrected chi connectivity index (χ0v) is 21.6. The monoisotopic (exact) mass is 552 g/mol. The second kappa shape index (κ2) is 11.9. The number of hydrogen-bond acceptors (Lipinski definition) is 6. The van der Waals surface area contributed by atoms with Crippen LogP contribution in [0.15, 0.2) is 48.7 Å². The highest BCUT2D eigenvalue weighted by molar-refractivity contribution is 6.31. The van der Waals surface area contributed by atoms with Crippen molar-refractivity contribution in [2.24, 2.45) is 0 Å². The number of rotatable bonds is 10. The van der Waals surface area contributed by atoms with E-state index in [4.69, 9.17) is 32.7 Å². The number of halogens is 4. The fourth-order valence-corrected chi connectivity index (χ4v) is 3.97. The van der Waals surface area contributed by atoms with Gasteiger partial charge >= 0.3 is 0 Å². The molecule has 0 aliphatic carbocycles. The number of nitrogens with zero attached hydrogens (tertiary/aromatic N) is 1. The number of aldehydes is 1. The molecule has 0 unspecified atom stereocenters. The Morgan fingerprint density at radius 3 is 2.19 bits per heavy atom. The number of nitrogens with one attached hydrogen (secondary N) is 1. The van der Waals surface area contributed by atoms with Crippen molar-refractivity contribution in [1.82, 2.24) is 10.3 Å². The lowest BCUT2D eigenvalue weighted by Gasteiger charge is -2.30. The molecule has 2 atom stereocenters. The maximum absolute atomic E-state index is 14.3. The van der Waals surface area contributed by atoms with E-state index in [1.807, 2.05) is 0 Å². The number of aromatic nitrogens is 1. The molecular weight excluding hydrogens is 529 g/mol. The number of aromatic hydroxyl groups is 1. The van der Waals surface area contributed by atoms with Gasteiger partial charge in [-0.3, -0.25) is 4.79 Å². The molecule has 1 aromatic heterocycles. The van der Waals surface area contributed by atoms with Crippen molar-refractivity contribution >= 4 is 35.4 Å². The molecule has 0 spiro atoms. The molecule has 196 valence electrons. The van der Waals surface area contributed by atoms with E-state index in [1.165, 1.54) is 50.6 Å². The summed E-state index contributed by atoms with van der Waals surface area (Å²) in [7, 11) is 1.32. The first kappa shape index (κ1) is 28.3. The molecule has 2 N–H and O–H groups in total. The average Bonchev–Trinajstić information content (AvgIpc) is 2.87. The topological polar surface area (TPSA) is 97.8 Å². The van der Waals surface area contributed by atoms with Crippen LogP contribution in [0.5, 0.6) is 11.5 Å². The molecule has 0 saturated carbocycles. The summed E-state index contributed by atoms with van der Waals surface area (Å²) < 4.78 is 39.5. The molecular formula is C26H24Cl2F2N2O5. The third-order valence-corrected chi connectivity index (χ3v) is 6.32. The van der Waals surface area contributed by atoms with Crippen molar-refractivity contribution in [3.05, 3.63) is 87.2 Å². The van der Waals surface area contributed by atoms with Crippen LogP contribution in [0.25, 0.3) is 0 Å². The maximum atomic E-state index is 14.3. The second-order valence-corrected chi connectivity index (χ2v) is 9.36. The zero-order chi connectivity index (χ0) is 27.3. The van der Waals surface area contributed by atoms with Crippen molar-refractivity contribution in [3.63, 3.8) is 0 Å². The summed E-state index contributed by atoms with van der Waals surface area (Å²) in [5.41, 5.74) is -0.993. The smallest absolute Gasteiger partial charge is 0.274 e. The Balaban J connectivity index is 1.85. The van der Waals surface area contributed by atoms with Gasteiger partial charge in [0.05, 0.1) is 29.9 Å². The van der Waals surface area contributed by atoms with Crippen molar-refractivity contribution in [2.45, 2.75) is 31.4 Å². The summed E-state index contributed by atoms with van der Waals surface area (Å²) in [6, 6.07) is 9.73. The van der Waals surface area contributed by atoms with E-state index in [9.17, 15) is 23.5 Å². The molecule has 0 radical (unpaired) electrons. The van der Waals surface area contributed by atoms with Gasteiger partial charge in [-0.1, -0.05) is 35.3 Å². The number of hydrogen-bond donors (Lipinski definition) is 2. The number of ether oxygens (including phenoxy) is 2. The van der Waals surface area contributed by atoms with Gasteiger partial charge in [-0.25, -0.2) is 13.8 Å². The van der Waals surface area contributed by atoms with Gasteiger partial charge in [0.15, 0.2) is 17.2 Å². The lowest BCUT2D eigenvalue weighted by Crippen LogP contribution is -2.51. The van der Waals surface area contributed by atoms with Gasteiger partial charge in [0.1, 0.15) is 23.5 Å². The molecule has 0 aliphatic rings. The van der Waals surface area contributed by atoms with Crippen molar-refractivity contribution in [2.75, 3.05) is 13.7 Å². The van der Waals surface area contributed by atoms with Gasteiger partial charge in [-0.2, -0.15) is 0 Å². The van der Waals surface area contributed by atoms with Crippen LogP contribution in [0.1, 0.15) is 41.4 Å². The SMILES string of the molecule is COc1ccnc(C(=O)N[C@@](C)(C=O)CO[C@@H](C)C(c2ccc(Cl)c(F)c2)c2ccc(Cl)c(F)c2)c1O. The lowest BCUT2D eigenvalue weighted by molar-refractivity contribution is -0.115. The van der Waals surface area contributed by atoms with Crippen LogP contribution in [0.2, 0.25) is 10.0 Å². The van der Waals surface area contributed by atoms with Crippen LogP contribution in [-0.4, -0.2) is 47.6 Å². The lowest BCUT2D eigenvalue weighted by atomic mass is 9.87. The first-order valence-electron chi connectivity index (χ1n) is 11.0. The number of amides is 1. The Hall–Kier alpha value is -3.27. The van der Waals surface area contributed by atoms with Gasteiger partial charge in [0.25, 0.3) is 5.91 Å². The van der Waals surface area contributed by atoms with E-state index in [-0.39, 0.29) is 28.1 Å². The van der Waals surface area contributed by atoms with Gasteiger partial charge in [-0.15, -0.1) is 0 Å². The number of carbonyl (C=O) groups excluding carboxylic acids is 2. The van der Waals surface area contributed by atoms with Gasteiger partial charge < -0.3 is 24.7 Å². The molecule has 0 bridgehead atoms. The van der Waals surface area contributed by atoms with Crippen LogP contribution >= 0.6 is 23.2 Å². The Bertz CT molecular complexity index is 1260. The van der Waals surface area contributed by atoms with Crippen LogP contribution in [-0.2, 0) is 9.53 Å². The van der Waals surface area contributed by atoms with Crippen molar-refractivity contribution in [3.8, 4) is 11.5 Å². The Kier molecular flexibility index (Phi) is 9.07. The Labute approximate surface area is 222 Å². The molecule has 2 aromatic carbocycles.